The second-order valence-electron chi connectivity index (χ2n) is 6.71. The molecule has 0 aliphatic carbocycles. The summed E-state index contributed by atoms with van der Waals surface area (Å²) in [5.74, 6) is 0.000376. The molecule has 5 nitrogen and oxygen atoms in total. The number of hydrogen-bond donors (Lipinski definition) is 1. The molecule has 0 saturated heterocycles. The number of carbonyl (C=O) groups is 2. The first-order valence-electron chi connectivity index (χ1n) is 9.59. The molecule has 0 bridgehead atoms. The molecular formula is C21H27N3O2S. The smallest absolute Gasteiger partial charge is 0.317 e. The Hall–Kier alpha value is -2.34. The summed E-state index contributed by atoms with van der Waals surface area (Å²) in [5, 5.41) is 4.91. The van der Waals surface area contributed by atoms with Crippen molar-refractivity contribution in [3.8, 4) is 0 Å². The third kappa shape index (κ3) is 4.33. The number of amides is 3. The second kappa shape index (κ2) is 9.04. The minimum absolute atomic E-state index is 0.000376. The summed E-state index contributed by atoms with van der Waals surface area (Å²) in [4.78, 5) is 30.4. The van der Waals surface area contributed by atoms with Crippen LogP contribution < -0.4 is 5.32 Å². The zero-order valence-electron chi connectivity index (χ0n) is 16.0. The summed E-state index contributed by atoms with van der Waals surface area (Å²) in [6, 6.07) is 12.0. The molecule has 6 heteroatoms. The predicted octanol–water partition coefficient (Wildman–Crippen LogP) is 3.66. The zero-order valence-corrected chi connectivity index (χ0v) is 16.8. The van der Waals surface area contributed by atoms with Crippen LogP contribution in [-0.4, -0.2) is 47.9 Å². The van der Waals surface area contributed by atoms with Crippen molar-refractivity contribution in [2.24, 2.45) is 0 Å². The monoisotopic (exact) mass is 385 g/mol. The maximum atomic E-state index is 13.2. The summed E-state index contributed by atoms with van der Waals surface area (Å²) < 4.78 is 0. The number of hydrogen-bond acceptors (Lipinski definition) is 3. The summed E-state index contributed by atoms with van der Waals surface area (Å²) >= 11 is 1.76. The SMILES string of the molecule is CCCN(CC(=O)N1CCc2sccc2C1c1ccccc1)C(=O)NCC. The van der Waals surface area contributed by atoms with Gasteiger partial charge >= 0.3 is 6.03 Å². The minimum atomic E-state index is -0.169. The van der Waals surface area contributed by atoms with Gasteiger partial charge in [0.2, 0.25) is 5.91 Å². The number of nitrogens with one attached hydrogen (secondary N) is 1. The first kappa shape index (κ1) is 19.4. The van der Waals surface area contributed by atoms with Crippen molar-refractivity contribution in [1.82, 2.24) is 15.1 Å². The van der Waals surface area contributed by atoms with E-state index >= 15 is 0 Å². The fourth-order valence-corrected chi connectivity index (χ4v) is 4.52. The van der Waals surface area contributed by atoms with Crippen molar-refractivity contribution in [2.45, 2.75) is 32.7 Å². The molecule has 27 heavy (non-hydrogen) atoms. The van der Waals surface area contributed by atoms with E-state index in [9.17, 15) is 9.59 Å². The summed E-state index contributed by atoms with van der Waals surface area (Å²) in [6.45, 7) is 5.83. The lowest BCUT2D eigenvalue weighted by molar-refractivity contribution is -0.133. The van der Waals surface area contributed by atoms with Gasteiger partial charge < -0.3 is 15.1 Å². The molecule has 2 heterocycles. The molecule has 144 valence electrons. The van der Waals surface area contributed by atoms with E-state index in [4.69, 9.17) is 0 Å². The highest BCUT2D eigenvalue weighted by Crippen LogP contribution is 2.37. The van der Waals surface area contributed by atoms with Gasteiger partial charge in [-0.3, -0.25) is 4.79 Å². The highest BCUT2D eigenvalue weighted by atomic mass is 32.1. The van der Waals surface area contributed by atoms with Gasteiger partial charge in [0.1, 0.15) is 6.54 Å². The molecule has 1 aliphatic rings. The van der Waals surface area contributed by atoms with Gasteiger partial charge in [0.25, 0.3) is 0 Å². The molecule has 1 unspecified atom stereocenters. The van der Waals surface area contributed by atoms with E-state index in [1.54, 1.807) is 16.2 Å². The molecule has 3 rings (SSSR count). The lowest BCUT2D eigenvalue weighted by Crippen LogP contribution is -2.49. The van der Waals surface area contributed by atoms with Crippen LogP contribution in [0.15, 0.2) is 41.8 Å². The molecule has 0 saturated carbocycles. The molecule has 0 fully saturated rings. The van der Waals surface area contributed by atoms with Gasteiger partial charge in [0.05, 0.1) is 6.04 Å². The summed E-state index contributed by atoms with van der Waals surface area (Å²) in [6.07, 6.45) is 1.69. The minimum Gasteiger partial charge on any atom is -0.338 e. The Morgan fingerprint density at radius 1 is 1.22 bits per heavy atom. The number of rotatable bonds is 6. The Bertz CT molecular complexity index is 775. The lowest BCUT2D eigenvalue weighted by Gasteiger charge is -2.37. The Kier molecular flexibility index (Phi) is 6.50. The summed E-state index contributed by atoms with van der Waals surface area (Å²) in [7, 11) is 0. The van der Waals surface area contributed by atoms with Gasteiger partial charge in [0.15, 0.2) is 0 Å². The van der Waals surface area contributed by atoms with E-state index in [2.05, 4.69) is 28.9 Å². The molecule has 1 aromatic carbocycles. The van der Waals surface area contributed by atoms with Gasteiger partial charge in [-0.05, 0) is 42.3 Å². The van der Waals surface area contributed by atoms with Crippen LogP contribution in [0.4, 0.5) is 4.79 Å². The fraction of sp³-hybridized carbons (Fsp3) is 0.429. The maximum absolute atomic E-state index is 13.2. The Morgan fingerprint density at radius 3 is 2.70 bits per heavy atom. The number of fused-ring (bicyclic) bond motifs is 1. The Labute approximate surface area is 165 Å². The lowest BCUT2D eigenvalue weighted by atomic mass is 9.93. The van der Waals surface area contributed by atoms with Crippen molar-refractivity contribution >= 4 is 23.3 Å². The van der Waals surface area contributed by atoms with Crippen LogP contribution in [0.5, 0.6) is 0 Å². The second-order valence-corrected chi connectivity index (χ2v) is 7.71. The van der Waals surface area contributed by atoms with Gasteiger partial charge in [-0.15, -0.1) is 11.3 Å². The zero-order chi connectivity index (χ0) is 19.2. The number of urea groups is 1. The van der Waals surface area contributed by atoms with Crippen LogP contribution in [-0.2, 0) is 11.2 Å². The highest BCUT2D eigenvalue weighted by molar-refractivity contribution is 7.10. The molecule has 2 aromatic rings. The molecule has 1 N–H and O–H groups in total. The van der Waals surface area contributed by atoms with Crippen LogP contribution in [0.2, 0.25) is 0 Å². The standard InChI is InChI=1S/C21H27N3O2S/c1-3-12-23(21(26)22-4-2)15-19(25)24-13-10-18-17(11-14-27-18)20(24)16-8-6-5-7-9-16/h5-9,11,14,20H,3-4,10,12-13,15H2,1-2H3,(H,22,26). The number of benzene rings is 1. The molecule has 1 aromatic heterocycles. The molecule has 0 radical (unpaired) electrons. The molecule has 3 amide bonds. The van der Waals surface area contributed by atoms with Crippen molar-refractivity contribution in [2.75, 3.05) is 26.2 Å². The van der Waals surface area contributed by atoms with E-state index < -0.39 is 0 Å². The average Bonchev–Trinajstić information content (AvgIpc) is 3.16. The van der Waals surface area contributed by atoms with Gasteiger partial charge in [0, 0.05) is 24.5 Å². The van der Waals surface area contributed by atoms with E-state index in [0.29, 0.717) is 19.6 Å². The predicted molar refractivity (Wildman–Crippen MR) is 109 cm³/mol. The van der Waals surface area contributed by atoms with Crippen LogP contribution in [0.25, 0.3) is 0 Å². The van der Waals surface area contributed by atoms with Crippen LogP contribution in [0.3, 0.4) is 0 Å². The van der Waals surface area contributed by atoms with E-state index in [1.165, 1.54) is 10.4 Å². The van der Waals surface area contributed by atoms with E-state index in [0.717, 1.165) is 18.4 Å². The van der Waals surface area contributed by atoms with Gasteiger partial charge in [-0.2, -0.15) is 0 Å². The van der Waals surface area contributed by atoms with E-state index in [-0.39, 0.29) is 24.5 Å². The maximum Gasteiger partial charge on any atom is 0.317 e. The topological polar surface area (TPSA) is 52.7 Å². The van der Waals surface area contributed by atoms with Crippen molar-refractivity contribution < 1.29 is 9.59 Å². The third-order valence-electron chi connectivity index (χ3n) is 4.84. The molecule has 1 atom stereocenters. The fourth-order valence-electron chi connectivity index (χ4n) is 3.62. The average molecular weight is 386 g/mol. The van der Waals surface area contributed by atoms with Crippen molar-refractivity contribution in [3.63, 3.8) is 0 Å². The molecule has 1 aliphatic heterocycles. The summed E-state index contributed by atoms with van der Waals surface area (Å²) in [5.41, 5.74) is 2.33. The third-order valence-corrected chi connectivity index (χ3v) is 5.83. The quantitative estimate of drug-likeness (QED) is 0.825. The molecular weight excluding hydrogens is 358 g/mol. The van der Waals surface area contributed by atoms with Crippen LogP contribution >= 0.6 is 11.3 Å². The largest absolute Gasteiger partial charge is 0.338 e. The number of carbonyl (C=O) groups excluding carboxylic acids is 2. The Morgan fingerprint density at radius 2 is 2.00 bits per heavy atom. The molecule has 0 spiro atoms. The van der Waals surface area contributed by atoms with Crippen LogP contribution in [0, 0.1) is 0 Å². The van der Waals surface area contributed by atoms with E-state index in [1.807, 2.05) is 36.9 Å². The number of nitrogens with zero attached hydrogens (tertiary/aromatic N) is 2. The first-order chi connectivity index (χ1) is 13.2. The Balaban J connectivity index is 1.85. The van der Waals surface area contributed by atoms with Crippen molar-refractivity contribution in [1.29, 1.82) is 0 Å². The normalized spacial score (nSPS) is 15.9. The van der Waals surface area contributed by atoms with Gasteiger partial charge in [-0.1, -0.05) is 37.3 Å². The highest BCUT2D eigenvalue weighted by Gasteiger charge is 2.33. The first-order valence-corrected chi connectivity index (χ1v) is 10.5. The van der Waals surface area contributed by atoms with Gasteiger partial charge in [-0.25, -0.2) is 4.79 Å². The van der Waals surface area contributed by atoms with Crippen molar-refractivity contribution in [3.05, 3.63) is 57.8 Å². The van der Waals surface area contributed by atoms with Crippen LogP contribution in [0.1, 0.15) is 42.3 Å². The number of thiophene rings is 1.